The molecule has 1 heterocycles. The van der Waals surface area contributed by atoms with E-state index in [0.29, 0.717) is 13.0 Å². The van der Waals surface area contributed by atoms with Gasteiger partial charge in [-0.3, -0.25) is 9.59 Å². The van der Waals surface area contributed by atoms with Gasteiger partial charge < -0.3 is 15.7 Å². The largest absolute Gasteiger partial charge is 0.481 e. The predicted octanol–water partition coefficient (Wildman–Crippen LogP) is 0.500. The fraction of sp³-hybridized carbons (Fsp3) is 0.818. The van der Waals surface area contributed by atoms with E-state index < -0.39 is 5.97 Å². The minimum absolute atomic E-state index is 0.0148. The zero-order valence-electron chi connectivity index (χ0n) is 9.50. The zero-order valence-corrected chi connectivity index (χ0v) is 9.50. The van der Waals surface area contributed by atoms with Crippen molar-refractivity contribution in [1.82, 2.24) is 10.6 Å². The molecule has 5 heteroatoms. The molecule has 0 aliphatic carbocycles. The fourth-order valence-electron chi connectivity index (χ4n) is 1.82. The van der Waals surface area contributed by atoms with Crippen LogP contribution in [0.3, 0.4) is 0 Å². The molecule has 0 aromatic carbocycles. The average Bonchev–Trinajstić information content (AvgIpc) is 2.75. The van der Waals surface area contributed by atoms with Gasteiger partial charge in [0.05, 0.1) is 6.04 Å². The van der Waals surface area contributed by atoms with E-state index in [0.717, 1.165) is 32.2 Å². The maximum absolute atomic E-state index is 11.5. The Hall–Kier alpha value is -1.10. The van der Waals surface area contributed by atoms with Crippen molar-refractivity contribution < 1.29 is 14.7 Å². The molecule has 0 unspecified atom stereocenters. The number of hydrogen-bond donors (Lipinski definition) is 3. The molecule has 0 aromatic heterocycles. The SMILES string of the molecule is O=C(O)CCCCCNC(=O)[C@@H]1CCCN1. The topological polar surface area (TPSA) is 78.4 Å². The summed E-state index contributed by atoms with van der Waals surface area (Å²) in [7, 11) is 0. The van der Waals surface area contributed by atoms with Crippen LogP contribution < -0.4 is 10.6 Å². The smallest absolute Gasteiger partial charge is 0.303 e. The summed E-state index contributed by atoms with van der Waals surface area (Å²) in [6, 6.07) is -0.0148. The minimum atomic E-state index is -0.751. The van der Waals surface area contributed by atoms with Crippen molar-refractivity contribution in [3.05, 3.63) is 0 Å². The summed E-state index contributed by atoms with van der Waals surface area (Å²) in [5.41, 5.74) is 0. The Kier molecular flexibility index (Phi) is 5.85. The average molecular weight is 228 g/mol. The molecule has 92 valence electrons. The first-order chi connectivity index (χ1) is 7.70. The number of aliphatic carboxylic acids is 1. The highest BCUT2D eigenvalue weighted by atomic mass is 16.4. The maximum Gasteiger partial charge on any atom is 0.303 e. The second kappa shape index (κ2) is 7.22. The maximum atomic E-state index is 11.5. The van der Waals surface area contributed by atoms with Crippen molar-refractivity contribution in [3.63, 3.8) is 0 Å². The van der Waals surface area contributed by atoms with Crippen LogP contribution in [0.5, 0.6) is 0 Å². The summed E-state index contributed by atoms with van der Waals surface area (Å²) in [5.74, 6) is -0.671. The van der Waals surface area contributed by atoms with Crippen molar-refractivity contribution in [1.29, 1.82) is 0 Å². The second-order valence-electron chi connectivity index (χ2n) is 4.14. The van der Waals surface area contributed by atoms with E-state index in [1.165, 1.54) is 0 Å². The van der Waals surface area contributed by atoms with Gasteiger partial charge in [-0.2, -0.15) is 0 Å². The molecule has 1 atom stereocenters. The monoisotopic (exact) mass is 228 g/mol. The minimum Gasteiger partial charge on any atom is -0.481 e. The molecular formula is C11H20N2O3. The number of carboxylic acids is 1. The number of nitrogens with one attached hydrogen (secondary N) is 2. The van der Waals surface area contributed by atoms with Gasteiger partial charge >= 0.3 is 5.97 Å². The number of rotatable bonds is 7. The van der Waals surface area contributed by atoms with Crippen LogP contribution in [-0.4, -0.2) is 36.1 Å². The Morgan fingerprint density at radius 3 is 2.75 bits per heavy atom. The molecule has 0 bridgehead atoms. The second-order valence-corrected chi connectivity index (χ2v) is 4.14. The van der Waals surface area contributed by atoms with Gasteiger partial charge in [0.25, 0.3) is 0 Å². The first-order valence-electron chi connectivity index (χ1n) is 5.93. The van der Waals surface area contributed by atoms with Crippen molar-refractivity contribution >= 4 is 11.9 Å². The summed E-state index contributed by atoms with van der Waals surface area (Å²) >= 11 is 0. The summed E-state index contributed by atoms with van der Waals surface area (Å²) < 4.78 is 0. The van der Waals surface area contributed by atoms with Crippen LogP contribution in [0.15, 0.2) is 0 Å². The number of amides is 1. The van der Waals surface area contributed by atoms with Crippen LogP contribution >= 0.6 is 0 Å². The molecule has 0 spiro atoms. The van der Waals surface area contributed by atoms with Crippen molar-refractivity contribution in [2.24, 2.45) is 0 Å². The molecule has 1 fully saturated rings. The molecule has 0 saturated carbocycles. The lowest BCUT2D eigenvalue weighted by Crippen LogP contribution is -2.40. The Labute approximate surface area is 95.6 Å². The first kappa shape index (κ1) is 13.0. The molecule has 5 nitrogen and oxygen atoms in total. The zero-order chi connectivity index (χ0) is 11.8. The summed E-state index contributed by atoms with van der Waals surface area (Å²) in [6.07, 6.45) is 4.60. The van der Waals surface area contributed by atoms with E-state index in [4.69, 9.17) is 5.11 Å². The van der Waals surface area contributed by atoms with E-state index in [2.05, 4.69) is 10.6 Å². The van der Waals surface area contributed by atoms with Crippen LogP contribution in [0.4, 0.5) is 0 Å². The summed E-state index contributed by atoms with van der Waals surface area (Å²) in [4.78, 5) is 21.8. The van der Waals surface area contributed by atoms with Gasteiger partial charge in [-0.1, -0.05) is 6.42 Å². The first-order valence-corrected chi connectivity index (χ1v) is 5.93. The normalized spacial score (nSPS) is 19.6. The fourth-order valence-corrected chi connectivity index (χ4v) is 1.82. The van der Waals surface area contributed by atoms with Gasteiger partial charge in [0.15, 0.2) is 0 Å². The number of unbranched alkanes of at least 4 members (excludes halogenated alkanes) is 2. The van der Waals surface area contributed by atoms with Gasteiger partial charge in [0, 0.05) is 13.0 Å². The number of carbonyl (C=O) groups is 2. The van der Waals surface area contributed by atoms with Crippen LogP contribution in [0.2, 0.25) is 0 Å². The lowest BCUT2D eigenvalue weighted by Gasteiger charge is -2.10. The highest BCUT2D eigenvalue weighted by Crippen LogP contribution is 2.04. The summed E-state index contributed by atoms with van der Waals surface area (Å²) in [6.45, 7) is 1.58. The van der Waals surface area contributed by atoms with Gasteiger partial charge in [-0.05, 0) is 32.2 Å². The Balaban J connectivity index is 1.94. The van der Waals surface area contributed by atoms with Gasteiger partial charge in [0.1, 0.15) is 0 Å². The number of carbonyl (C=O) groups excluding carboxylic acids is 1. The van der Waals surface area contributed by atoms with Crippen molar-refractivity contribution in [2.75, 3.05) is 13.1 Å². The predicted molar refractivity (Wildman–Crippen MR) is 60.1 cm³/mol. The van der Waals surface area contributed by atoms with Gasteiger partial charge in [-0.15, -0.1) is 0 Å². The van der Waals surface area contributed by atoms with Crippen molar-refractivity contribution in [2.45, 2.75) is 44.6 Å². The van der Waals surface area contributed by atoms with Crippen LogP contribution in [-0.2, 0) is 9.59 Å². The molecule has 3 N–H and O–H groups in total. The molecular weight excluding hydrogens is 208 g/mol. The number of hydrogen-bond acceptors (Lipinski definition) is 3. The van der Waals surface area contributed by atoms with E-state index in [1.807, 2.05) is 0 Å². The van der Waals surface area contributed by atoms with Crippen LogP contribution in [0.1, 0.15) is 38.5 Å². The highest BCUT2D eigenvalue weighted by Gasteiger charge is 2.20. The van der Waals surface area contributed by atoms with Crippen LogP contribution in [0.25, 0.3) is 0 Å². The molecule has 1 aliphatic heterocycles. The van der Waals surface area contributed by atoms with Gasteiger partial charge in [-0.25, -0.2) is 0 Å². The van der Waals surface area contributed by atoms with E-state index in [-0.39, 0.29) is 18.4 Å². The molecule has 1 aliphatic rings. The summed E-state index contributed by atoms with van der Waals surface area (Å²) in [5, 5.41) is 14.4. The quantitative estimate of drug-likeness (QED) is 0.554. The molecule has 1 amide bonds. The highest BCUT2D eigenvalue weighted by molar-refractivity contribution is 5.81. The Morgan fingerprint density at radius 2 is 2.12 bits per heavy atom. The third-order valence-corrected chi connectivity index (χ3v) is 2.74. The Bertz CT molecular complexity index is 237. The third kappa shape index (κ3) is 5.11. The van der Waals surface area contributed by atoms with E-state index in [9.17, 15) is 9.59 Å². The molecule has 1 rings (SSSR count). The Morgan fingerprint density at radius 1 is 1.31 bits per heavy atom. The standard InChI is InChI=1S/C11H20N2O3/c14-10(15)6-2-1-3-7-13-11(16)9-5-4-8-12-9/h9,12H,1-8H2,(H,13,16)(H,14,15)/t9-/m0/s1. The lowest BCUT2D eigenvalue weighted by molar-refractivity contribution is -0.137. The van der Waals surface area contributed by atoms with Crippen LogP contribution in [0, 0.1) is 0 Å². The lowest BCUT2D eigenvalue weighted by atomic mass is 10.2. The van der Waals surface area contributed by atoms with E-state index in [1.54, 1.807) is 0 Å². The van der Waals surface area contributed by atoms with E-state index >= 15 is 0 Å². The molecule has 1 saturated heterocycles. The molecule has 0 radical (unpaired) electrons. The number of carboxylic acid groups (broad SMARTS) is 1. The van der Waals surface area contributed by atoms with Crippen molar-refractivity contribution in [3.8, 4) is 0 Å². The molecule has 16 heavy (non-hydrogen) atoms. The molecule has 0 aromatic rings. The van der Waals surface area contributed by atoms with Gasteiger partial charge in [0.2, 0.25) is 5.91 Å². The third-order valence-electron chi connectivity index (χ3n) is 2.74.